The quantitative estimate of drug-likeness (QED) is 0.516. The molecule has 26 heavy (non-hydrogen) atoms. The SMILES string of the molecule is Cc1[nH]c2ccccc2c1C(=O)C(=O)Nc1cccc(COC(C)C)c1. The fraction of sp³-hybridized carbons (Fsp3) is 0.238. The number of Topliss-reactive ketones (excluding diaryl/α,β-unsaturated/α-hetero) is 1. The summed E-state index contributed by atoms with van der Waals surface area (Å²) in [5, 5.41) is 3.45. The predicted octanol–water partition coefficient (Wildman–Crippen LogP) is 4.22. The van der Waals surface area contributed by atoms with Gasteiger partial charge in [-0.25, -0.2) is 0 Å². The Hall–Kier alpha value is -2.92. The van der Waals surface area contributed by atoms with E-state index in [1.54, 1.807) is 13.0 Å². The summed E-state index contributed by atoms with van der Waals surface area (Å²) in [6.45, 7) is 6.18. The number of aryl methyl sites for hydroxylation is 1. The van der Waals surface area contributed by atoms with Crippen molar-refractivity contribution in [2.24, 2.45) is 0 Å². The molecule has 0 aliphatic heterocycles. The molecule has 2 aromatic carbocycles. The summed E-state index contributed by atoms with van der Waals surface area (Å²) in [6.07, 6.45) is 0.125. The highest BCUT2D eigenvalue weighted by molar-refractivity contribution is 6.48. The molecule has 0 aliphatic carbocycles. The fourth-order valence-corrected chi connectivity index (χ4v) is 2.87. The van der Waals surface area contributed by atoms with Gasteiger partial charge in [0.15, 0.2) is 0 Å². The van der Waals surface area contributed by atoms with Gasteiger partial charge in [-0.15, -0.1) is 0 Å². The lowest BCUT2D eigenvalue weighted by Gasteiger charge is -2.10. The van der Waals surface area contributed by atoms with Crippen LogP contribution in [0, 0.1) is 6.92 Å². The molecule has 0 aliphatic rings. The van der Waals surface area contributed by atoms with Crippen LogP contribution in [-0.4, -0.2) is 22.8 Å². The Labute approximate surface area is 152 Å². The maximum Gasteiger partial charge on any atom is 0.296 e. The second-order valence-electron chi connectivity index (χ2n) is 6.51. The van der Waals surface area contributed by atoms with Crippen molar-refractivity contribution in [3.63, 3.8) is 0 Å². The second-order valence-corrected chi connectivity index (χ2v) is 6.51. The number of benzene rings is 2. The third-order valence-electron chi connectivity index (χ3n) is 4.10. The van der Waals surface area contributed by atoms with Gasteiger partial charge < -0.3 is 15.0 Å². The zero-order valence-corrected chi connectivity index (χ0v) is 15.1. The summed E-state index contributed by atoms with van der Waals surface area (Å²) in [7, 11) is 0. The Kier molecular flexibility index (Phi) is 5.19. The number of para-hydroxylation sites is 1. The van der Waals surface area contributed by atoms with Crippen molar-refractivity contribution < 1.29 is 14.3 Å². The molecule has 1 aromatic heterocycles. The number of hydrogen-bond acceptors (Lipinski definition) is 3. The molecule has 134 valence electrons. The predicted molar refractivity (Wildman–Crippen MR) is 102 cm³/mol. The summed E-state index contributed by atoms with van der Waals surface area (Å²) in [5.41, 5.74) is 3.45. The number of rotatable bonds is 6. The zero-order valence-electron chi connectivity index (χ0n) is 15.1. The van der Waals surface area contributed by atoms with Crippen LogP contribution in [0.3, 0.4) is 0 Å². The lowest BCUT2D eigenvalue weighted by Crippen LogP contribution is -2.23. The van der Waals surface area contributed by atoms with Crippen LogP contribution in [0.5, 0.6) is 0 Å². The molecule has 0 fully saturated rings. The number of H-pyrrole nitrogens is 1. The number of carbonyl (C=O) groups is 2. The molecule has 0 spiro atoms. The largest absolute Gasteiger partial charge is 0.374 e. The van der Waals surface area contributed by atoms with Crippen molar-refractivity contribution in [2.45, 2.75) is 33.5 Å². The highest BCUT2D eigenvalue weighted by Gasteiger charge is 2.22. The molecule has 2 N–H and O–H groups in total. The molecule has 3 aromatic rings. The Bertz CT molecular complexity index is 957. The number of aromatic amines is 1. The first kappa shape index (κ1) is 17.9. The third-order valence-corrected chi connectivity index (χ3v) is 4.10. The molecule has 0 saturated heterocycles. The van der Waals surface area contributed by atoms with Crippen LogP contribution in [0.25, 0.3) is 10.9 Å². The minimum Gasteiger partial charge on any atom is -0.374 e. The summed E-state index contributed by atoms with van der Waals surface area (Å²) in [4.78, 5) is 28.3. The summed E-state index contributed by atoms with van der Waals surface area (Å²) in [5.74, 6) is -1.21. The molecular formula is C21H22N2O3. The van der Waals surface area contributed by atoms with E-state index in [9.17, 15) is 9.59 Å². The van der Waals surface area contributed by atoms with Crippen molar-refractivity contribution in [3.8, 4) is 0 Å². The van der Waals surface area contributed by atoms with E-state index >= 15 is 0 Å². The lowest BCUT2D eigenvalue weighted by atomic mass is 10.1. The molecule has 3 rings (SSSR count). The number of ketones is 1. The molecule has 5 heteroatoms. The summed E-state index contributed by atoms with van der Waals surface area (Å²) < 4.78 is 5.57. The topological polar surface area (TPSA) is 71.2 Å². The number of nitrogens with one attached hydrogen (secondary N) is 2. The Morgan fingerprint density at radius 2 is 1.88 bits per heavy atom. The maximum atomic E-state index is 12.7. The Balaban J connectivity index is 1.78. The van der Waals surface area contributed by atoms with Crippen molar-refractivity contribution in [2.75, 3.05) is 5.32 Å². The Morgan fingerprint density at radius 3 is 2.65 bits per heavy atom. The Morgan fingerprint density at radius 1 is 1.12 bits per heavy atom. The van der Waals surface area contributed by atoms with Gasteiger partial charge in [-0.05, 0) is 44.5 Å². The number of aromatic nitrogens is 1. The summed E-state index contributed by atoms with van der Waals surface area (Å²) in [6, 6.07) is 14.8. The number of carbonyl (C=O) groups excluding carboxylic acids is 2. The van der Waals surface area contributed by atoms with E-state index < -0.39 is 11.7 Å². The van der Waals surface area contributed by atoms with Crippen molar-refractivity contribution in [1.29, 1.82) is 0 Å². The van der Waals surface area contributed by atoms with Gasteiger partial charge in [-0.2, -0.15) is 0 Å². The van der Waals surface area contributed by atoms with Crippen molar-refractivity contribution >= 4 is 28.3 Å². The van der Waals surface area contributed by atoms with Crippen LogP contribution < -0.4 is 5.32 Å². The molecule has 5 nitrogen and oxygen atoms in total. The van der Waals surface area contributed by atoms with Crippen LogP contribution in [0.15, 0.2) is 48.5 Å². The minimum absolute atomic E-state index is 0.125. The van der Waals surface area contributed by atoms with Gasteiger partial charge in [-0.1, -0.05) is 30.3 Å². The molecule has 0 bridgehead atoms. The van der Waals surface area contributed by atoms with Crippen LogP contribution >= 0.6 is 0 Å². The van der Waals surface area contributed by atoms with Gasteiger partial charge in [0.25, 0.3) is 11.7 Å². The molecule has 1 amide bonds. The molecule has 0 atom stereocenters. The number of fused-ring (bicyclic) bond motifs is 1. The molecule has 1 heterocycles. The van der Waals surface area contributed by atoms with Crippen LogP contribution in [0.4, 0.5) is 5.69 Å². The van der Waals surface area contributed by atoms with Crippen molar-refractivity contribution in [1.82, 2.24) is 4.98 Å². The second kappa shape index (κ2) is 7.54. The van der Waals surface area contributed by atoms with Crippen LogP contribution in [0.2, 0.25) is 0 Å². The highest BCUT2D eigenvalue weighted by atomic mass is 16.5. The molecule has 0 unspecified atom stereocenters. The van der Waals surface area contributed by atoms with Gasteiger partial charge in [0.05, 0.1) is 18.3 Å². The summed E-state index contributed by atoms with van der Waals surface area (Å²) >= 11 is 0. The monoisotopic (exact) mass is 350 g/mol. The van der Waals surface area contributed by atoms with E-state index in [4.69, 9.17) is 4.74 Å². The smallest absolute Gasteiger partial charge is 0.296 e. The fourth-order valence-electron chi connectivity index (χ4n) is 2.87. The first-order valence-corrected chi connectivity index (χ1v) is 8.59. The molecular weight excluding hydrogens is 328 g/mol. The molecule has 0 radical (unpaired) electrons. The normalized spacial score (nSPS) is 11.1. The standard InChI is InChI=1S/C21H22N2O3/c1-13(2)26-12-15-7-6-8-16(11-15)23-21(25)20(24)19-14(3)22-18-10-5-4-9-17(18)19/h4-11,13,22H,12H2,1-3H3,(H,23,25). The number of ether oxygens (including phenoxy) is 1. The number of anilines is 1. The minimum atomic E-state index is -0.653. The molecule has 0 saturated carbocycles. The van der Waals surface area contributed by atoms with Crippen LogP contribution in [0.1, 0.15) is 35.5 Å². The van der Waals surface area contributed by atoms with Gasteiger partial charge in [0.2, 0.25) is 0 Å². The van der Waals surface area contributed by atoms with Gasteiger partial charge in [0.1, 0.15) is 0 Å². The van der Waals surface area contributed by atoms with E-state index in [0.29, 0.717) is 23.6 Å². The van der Waals surface area contributed by atoms with E-state index in [1.807, 2.05) is 56.3 Å². The third kappa shape index (κ3) is 3.83. The average Bonchev–Trinajstić information content (AvgIpc) is 2.95. The van der Waals surface area contributed by atoms with E-state index in [2.05, 4.69) is 10.3 Å². The average molecular weight is 350 g/mol. The van der Waals surface area contributed by atoms with E-state index in [1.165, 1.54) is 0 Å². The van der Waals surface area contributed by atoms with E-state index in [0.717, 1.165) is 16.5 Å². The maximum absolute atomic E-state index is 12.7. The zero-order chi connectivity index (χ0) is 18.7. The van der Waals surface area contributed by atoms with Crippen molar-refractivity contribution in [3.05, 3.63) is 65.4 Å². The number of hydrogen-bond donors (Lipinski definition) is 2. The van der Waals surface area contributed by atoms with Gasteiger partial charge in [0, 0.05) is 22.3 Å². The van der Waals surface area contributed by atoms with Gasteiger partial charge in [-0.3, -0.25) is 9.59 Å². The number of amides is 1. The van der Waals surface area contributed by atoms with Gasteiger partial charge >= 0.3 is 0 Å². The first-order chi connectivity index (χ1) is 12.5. The first-order valence-electron chi connectivity index (χ1n) is 8.59. The highest BCUT2D eigenvalue weighted by Crippen LogP contribution is 2.23. The van der Waals surface area contributed by atoms with Crippen LogP contribution in [-0.2, 0) is 16.1 Å². The van der Waals surface area contributed by atoms with E-state index in [-0.39, 0.29) is 6.10 Å². The lowest BCUT2D eigenvalue weighted by molar-refractivity contribution is -0.112.